The van der Waals surface area contributed by atoms with E-state index in [0.717, 1.165) is 25.7 Å². The molecule has 1 N–H and O–H groups in total. The van der Waals surface area contributed by atoms with E-state index in [0.29, 0.717) is 10.4 Å². The van der Waals surface area contributed by atoms with Crippen LogP contribution >= 0.6 is 15.9 Å². The minimum Gasteiger partial charge on any atom is -0.258 e. The summed E-state index contributed by atoms with van der Waals surface area (Å²) >= 11 is 3.16. The van der Waals surface area contributed by atoms with Crippen molar-refractivity contribution in [3.63, 3.8) is 0 Å². The number of rotatable bonds is 4. The monoisotopic (exact) mass is 376 g/mol. The molecule has 0 amide bonds. The molecule has 1 saturated carbocycles. The number of nitrogens with zero attached hydrogens (tertiary/aromatic N) is 1. The zero-order chi connectivity index (χ0) is 15.6. The maximum atomic E-state index is 12.4. The zero-order valence-corrected chi connectivity index (χ0v) is 14.0. The first-order chi connectivity index (χ1) is 9.79. The number of hydrogen-bond acceptors (Lipinski definition) is 4. The van der Waals surface area contributed by atoms with Crippen LogP contribution in [-0.4, -0.2) is 19.4 Å². The summed E-state index contributed by atoms with van der Waals surface area (Å²) in [5.74, 6) is 0.462. The third-order valence-electron chi connectivity index (χ3n) is 3.67. The van der Waals surface area contributed by atoms with Crippen LogP contribution in [0.15, 0.2) is 27.6 Å². The highest BCUT2D eigenvalue weighted by molar-refractivity contribution is 9.10. The second-order valence-electron chi connectivity index (χ2n) is 5.46. The van der Waals surface area contributed by atoms with Gasteiger partial charge in [0.1, 0.15) is 0 Å². The predicted molar refractivity (Wildman–Crippen MR) is 82.5 cm³/mol. The van der Waals surface area contributed by atoms with E-state index in [-0.39, 0.29) is 10.9 Å². The number of nitrogens with one attached hydrogen (secondary N) is 1. The van der Waals surface area contributed by atoms with Crippen LogP contribution in [0.2, 0.25) is 0 Å². The van der Waals surface area contributed by atoms with E-state index in [1.54, 1.807) is 0 Å². The van der Waals surface area contributed by atoms with Crippen LogP contribution in [0.3, 0.4) is 0 Å². The van der Waals surface area contributed by atoms with E-state index in [1.807, 2.05) is 0 Å². The Kier molecular flexibility index (Phi) is 5.00. The fourth-order valence-corrected chi connectivity index (χ4v) is 4.67. The van der Waals surface area contributed by atoms with Gasteiger partial charge in [-0.1, -0.05) is 35.7 Å². The van der Waals surface area contributed by atoms with Gasteiger partial charge in [-0.05, 0) is 30.9 Å². The highest BCUT2D eigenvalue weighted by atomic mass is 79.9. The summed E-state index contributed by atoms with van der Waals surface area (Å²) in [6, 6.07) is 3.77. The molecule has 6 nitrogen and oxygen atoms in total. The first-order valence-electron chi connectivity index (χ1n) is 6.76. The Morgan fingerprint density at radius 1 is 1.38 bits per heavy atom. The molecule has 1 aromatic rings. The molecular formula is C13H17BrN2O4S. The number of benzene rings is 1. The molecule has 0 radical (unpaired) electrons. The van der Waals surface area contributed by atoms with Gasteiger partial charge in [0.15, 0.2) is 4.90 Å². The highest BCUT2D eigenvalue weighted by Crippen LogP contribution is 2.29. The Hall–Kier alpha value is -0.990. The molecule has 8 heteroatoms. The van der Waals surface area contributed by atoms with Crippen LogP contribution in [0, 0.1) is 16.0 Å². The van der Waals surface area contributed by atoms with Crippen molar-refractivity contribution in [3.05, 3.63) is 32.8 Å². The summed E-state index contributed by atoms with van der Waals surface area (Å²) in [7, 11) is -3.90. The van der Waals surface area contributed by atoms with Crippen molar-refractivity contribution in [2.24, 2.45) is 5.92 Å². The predicted octanol–water partition coefficient (Wildman–Crippen LogP) is 3.21. The normalized spacial score (nSPS) is 23.0. The summed E-state index contributed by atoms with van der Waals surface area (Å²) in [4.78, 5) is 10.1. The topological polar surface area (TPSA) is 89.3 Å². The van der Waals surface area contributed by atoms with Gasteiger partial charge in [-0.2, -0.15) is 0 Å². The van der Waals surface area contributed by atoms with Gasteiger partial charge in [0.2, 0.25) is 10.0 Å². The molecule has 2 atom stereocenters. The molecular weight excluding hydrogens is 360 g/mol. The maximum absolute atomic E-state index is 12.4. The van der Waals surface area contributed by atoms with Gasteiger partial charge in [-0.15, -0.1) is 0 Å². The zero-order valence-electron chi connectivity index (χ0n) is 11.6. The van der Waals surface area contributed by atoms with E-state index in [9.17, 15) is 18.5 Å². The van der Waals surface area contributed by atoms with Crippen molar-refractivity contribution in [3.8, 4) is 0 Å². The fraction of sp³-hybridized carbons (Fsp3) is 0.538. The molecule has 0 heterocycles. The molecule has 1 fully saturated rings. The molecule has 1 aliphatic carbocycles. The van der Waals surface area contributed by atoms with E-state index >= 15 is 0 Å². The SMILES string of the molecule is CC1CCCC(NS(=O)(=O)c2cc(Br)ccc2[N+](=O)[O-])C1. The number of halogens is 1. The molecule has 0 saturated heterocycles. The molecule has 0 spiro atoms. The number of hydrogen-bond donors (Lipinski definition) is 1. The van der Waals surface area contributed by atoms with Gasteiger partial charge in [-0.3, -0.25) is 10.1 Å². The Bertz CT molecular complexity index is 648. The third kappa shape index (κ3) is 4.02. The van der Waals surface area contributed by atoms with Crippen LogP contribution in [0.4, 0.5) is 5.69 Å². The molecule has 1 aliphatic rings. The molecule has 1 aromatic carbocycles. The minimum absolute atomic E-state index is 0.155. The second kappa shape index (κ2) is 6.41. The second-order valence-corrected chi connectivity index (χ2v) is 8.06. The van der Waals surface area contributed by atoms with Crippen molar-refractivity contribution in [2.45, 2.75) is 43.5 Å². The van der Waals surface area contributed by atoms with E-state index in [2.05, 4.69) is 27.6 Å². The summed E-state index contributed by atoms with van der Waals surface area (Å²) in [6.07, 6.45) is 3.59. The van der Waals surface area contributed by atoms with E-state index < -0.39 is 20.6 Å². The van der Waals surface area contributed by atoms with Gasteiger partial charge < -0.3 is 0 Å². The third-order valence-corrected chi connectivity index (χ3v) is 5.71. The maximum Gasteiger partial charge on any atom is 0.289 e. The van der Waals surface area contributed by atoms with E-state index in [4.69, 9.17) is 0 Å². The van der Waals surface area contributed by atoms with Crippen LogP contribution < -0.4 is 4.72 Å². The Labute approximate surface area is 132 Å². The summed E-state index contributed by atoms with van der Waals surface area (Å²) in [5.41, 5.74) is -0.408. The Morgan fingerprint density at radius 3 is 2.71 bits per heavy atom. The Morgan fingerprint density at radius 2 is 2.10 bits per heavy atom. The average molecular weight is 377 g/mol. The average Bonchev–Trinajstić information content (AvgIpc) is 2.37. The number of nitro groups is 1. The first kappa shape index (κ1) is 16.4. The number of nitro benzene ring substituents is 1. The quantitative estimate of drug-likeness (QED) is 0.645. The molecule has 2 rings (SSSR count). The fourth-order valence-electron chi connectivity index (χ4n) is 2.68. The lowest BCUT2D eigenvalue weighted by atomic mass is 9.88. The molecule has 0 bridgehead atoms. The van der Waals surface area contributed by atoms with Gasteiger partial charge in [-0.25, -0.2) is 13.1 Å². The van der Waals surface area contributed by atoms with E-state index in [1.165, 1.54) is 18.2 Å². The first-order valence-corrected chi connectivity index (χ1v) is 9.03. The van der Waals surface area contributed by atoms with Crippen LogP contribution in [0.25, 0.3) is 0 Å². The van der Waals surface area contributed by atoms with Crippen molar-refractivity contribution in [1.82, 2.24) is 4.72 Å². The smallest absolute Gasteiger partial charge is 0.258 e. The Balaban J connectivity index is 2.31. The van der Waals surface area contributed by atoms with Crippen molar-refractivity contribution >= 4 is 31.6 Å². The van der Waals surface area contributed by atoms with Crippen LogP contribution in [0.1, 0.15) is 32.6 Å². The summed E-state index contributed by atoms with van der Waals surface area (Å²) < 4.78 is 28.0. The molecule has 21 heavy (non-hydrogen) atoms. The van der Waals surface area contributed by atoms with Gasteiger partial charge in [0, 0.05) is 16.6 Å². The molecule has 0 aliphatic heterocycles. The largest absolute Gasteiger partial charge is 0.289 e. The van der Waals surface area contributed by atoms with Gasteiger partial charge >= 0.3 is 0 Å². The van der Waals surface area contributed by atoms with Crippen LogP contribution in [-0.2, 0) is 10.0 Å². The molecule has 116 valence electrons. The van der Waals surface area contributed by atoms with Crippen molar-refractivity contribution in [1.29, 1.82) is 0 Å². The highest BCUT2D eigenvalue weighted by Gasteiger charge is 2.30. The lowest BCUT2D eigenvalue weighted by Gasteiger charge is -2.27. The van der Waals surface area contributed by atoms with Gasteiger partial charge in [0.25, 0.3) is 5.69 Å². The van der Waals surface area contributed by atoms with Crippen molar-refractivity contribution in [2.75, 3.05) is 0 Å². The van der Waals surface area contributed by atoms with Crippen molar-refractivity contribution < 1.29 is 13.3 Å². The molecule has 2 unspecified atom stereocenters. The lowest BCUT2D eigenvalue weighted by molar-refractivity contribution is -0.387. The van der Waals surface area contributed by atoms with Crippen LogP contribution in [0.5, 0.6) is 0 Å². The number of sulfonamides is 1. The van der Waals surface area contributed by atoms with Gasteiger partial charge in [0.05, 0.1) is 4.92 Å². The summed E-state index contributed by atoms with van der Waals surface area (Å²) in [6.45, 7) is 2.09. The molecule has 0 aromatic heterocycles. The summed E-state index contributed by atoms with van der Waals surface area (Å²) in [5, 5.41) is 11.0. The standard InChI is InChI=1S/C13H17BrN2O4S/c1-9-3-2-4-11(7-9)15-21(19,20)13-8-10(14)5-6-12(13)16(17)18/h5-6,8-9,11,15H,2-4,7H2,1H3. The lowest BCUT2D eigenvalue weighted by Crippen LogP contribution is -2.38. The minimum atomic E-state index is -3.90.